The first-order valence-electron chi connectivity index (χ1n) is 6.01. The van der Waals surface area contributed by atoms with E-state index in [1.165, 1.54) is 0 Å². The number of hydrogen-bond acceptors (Lipinski definition) is 3. The van der Waals surface area contributed by atoms with E-state index in [0.717, 1.165) is 0 Å². The number of ether oxygens (including phenoxy) is 1. The molecule has 0 aliphatic carbocycles. The van der Waals surface area contributed by atoms with E-state index in [0.29, 0.717) is 0 Å². The van der Waals surface area contributed by atoms with Gasteiger partial charge in [-0.05, 0) is 26.8 Å². The van der Waals surface area contributed by atoms with E-state index >= 15 is 0 Å². The molecule has 1 unspecified atom stereocenters. The van der Waals surface area contributed by atoms with Crippen molar-refractivity contribution in [2.75, 3.05) is 13.7 Å². The highest BCUT2D eigenvalue weighted by Crippen LogP contribution is 2.29. The Labute approximate surface area is 118 Å². The first-order chi connectivity index (χ1) is 9.77. The van der Waals surface area contributed by atoms with Gasteiger partial charge in [0, 0.05) is 0 Å². The molecule has 8 heteroatoms. The molecule has 3 nitrogen and oxygen atoms in total. The van der Waals surface area contributed by atoms with E-state index in [9.17, 15) is 22.0 Å². The monoisotopic (exact) mass is 308 g/mol. The molecule has 0 fully saturated rings. The van der Waals surface area contributed by atoms with Crippen LogP contribution in [0, 0.1) is 40.4 Å². The van der Waals surface area contributed by atoms with E-state index < -0.39 is 40.4 Å². The summed E-state index contributed by atoms with van der Waals surface area (Å²) in [5.74, 6) is -11.7. The van der Waals surface area contributed by atoms with Crippen molar-refractivity contribution in [1.82, 2.24) is 5.32 Å². The fourth-order valence-electron chi connectivity index (χ4n) is 1.55. The zero-order chi connectivity index (χ0) is 16.2. The summed E-state index contributed by atoms with van der Waals surface area (Å²) in [5.41, 5.74) is -0.861. The maximum Gasteiger partial charge on any atom is 0.206 e. The molecule has 0 saturated carbocycles. The summed E-state index contributed by atoms with van der Waals surface area (Å²) in [6.45, 7) is 1.31. The maximum absolute atomic E-state index is 13.3. The van der Waals surface area contributed by atoms with Crippen LogP contribution >= 0.6 is 0 Å². The lowest BCUT2D eigenvalue weighted by atomic mass is 9.98. The molecule has 0 aliphatic heterocycles. The Bertz CT molecular complexity index is 544. The summed E-state index contributed by atoms with van der Waals surface area (Å²) in [5, 5.41) is 11.6. The first kappa shape index (κ1) is 17.2. The lowest BCUT2D eigenvalue weighted by Crippen LogP contribution is -2.38. The van der Waals surface area contributed by atoms with Gasteiger partial charge < -0.3 is 10.1 Å². The van der Waals surface area contributed by atoms with E-state index in [-0.39, 0.29) is 19.4 Å². The van der Waals surface area contributed by atoms with Crippen molar-refractivity contribution >= 4 is 0 Å². The Kier molecular flexibility index (Phi) is 5.49. The second-order valence-corrected chi connectivity index (χ2v) is 4.54. The molecule has 0 heterocycles. The van der Waals surface area contributed by atoms with Crippen LogP contribution in [0.4, 0.5) is 22.0 Å². The molecule has 1 atom stereocenters. The van der Waals surface area contributed by atoms with Gasteiger partial charge in [-0.15, -0.1) is 0 Å². The number of nitriles is 1. The van der Waals surface area contributed by atoms with Gasteiger partial charge in [-0.3, -0.25) is 0 Å². The van der Waals surface area contributed by atoms with E-state index in [4.69, 9.17) is 5.26 Å². The zero-order valence-electron chi connectivity index (χ0n) is 11.4. The van der Waals surface area contributed by atoms with Crippen molar-refractivity contribution in [3.05, 3.63) is 29.1 Å². The highest BCUT2D eigenvalue weighted by Gasteiger charge is 2.27. The number of rotatable bonds is 6. The molecule has 1 N–H and O–H groups in total. The van der Waals surface area contributed by atoms with Crippen LogP contribution in [0.5, 0.6) is 5.75 Å². The van der Waals surface area contributed by atoms with Crippen LogP contribution < -0.4 is 10.1 Å². The van der Waals surface area contributed by atoms with Gasteiger partial charge in [-0.1, -0.05) is 0 Å². The Morgan fingerprint density at radius 3 is 1.95 bits per heavy atom. The molecule has 0 spiro atoms. The Balaban J connectivity index is 2.76. The van der Waals surface area contributed by atoms with Crippen LogP contribution in [0.3, 0.4) is 0 Å². The minimum Gasteiger partial charge on any atom is -0.487 e. The normalized spacial score (nSPS) is 13.6. The molecule has 1 aromatic rings. The molecule has 21 heavy (non-hydrogen) atoms. The highest BCUT2D eigenvalue weighted by atomic mass is 19.2. The molecule has 0 aliphatic rings. The summed E-state index contributed by atoms with van der Waals surface area (Å²) in [4.78, 5) is 0. The van der Waals surface area contributed by atoms with Crippen LogP contribution in [0.15, 0.2) is 0 Å². The summed E-state index contributed by atoms with van der Waals surface area (Å²) >= 11 is 0. The Morgan fingerprint density at radius 1 is 1.05 bits per heavy atom. The van der Waals surface area contributed by atoms with Crippen molar-refractivity contribution < 1.29 is 26.7 Å². The SMILES string of the molecule is CNC(C)(C#N)CCCOc1c(F)c(F)c(F)c(F)c1F. The van der Waals surface area contributed by atoms with Crippen LogP contribution in [-0.4, -0.2) is 19.2 Å². The van der Waals surface area contributed by atoms with Gasteiger partial charge in [-0.2, -0.15) is 14.0 Å². The number of benzene rings is 1. The minimum atomic E-state index is -2.23. The largest absolute Gasteiger partial charge is 0.487 e. The molecule has 0 bridgehead atoms. The number of hydrogen-bond donors (Lipinski definition) is 1. The van der Waals surface area contributed by atoms with Crippen molar-refractivity contribution in [1.29, 1.82) is 5.26 Å². The third-order valence-corrected chi connectivity index (χ3v) is 3.04. The van der Waals surface area contributed by atoms with Gasteiger partial charge in [0.1, 0.15) is 5.54 Å². The molecule has 1 rings (SSSR count). The quantitative estimate of drug-likeness (QED) is 0.380. The molecule has 0 radical (unpaired) electrons. The standard InChI is InChI=1S/C13H13F5N2O/c1-13(6-19,20-2)4-3-5-21-12-10(17)8(15)7(14)9(16)11(12)18/h20H,3-5H2,1-2H3. The molecule has 0 aromatic heterocycles. The summed E-state index contributed by atoms with van der Waals surface area (Å²) < 4.78 is 69.8. The van der Waals surface area contributed by atoms with Crippen LogP contribution in [0.1, 0.15) is 19.8 Å². The van der Waals surface area contributed by atoms with Crippen LogP contribution in [-0.2, 0) is 0 Å². The molecule has 0 amide bonds. The van der Waals surface area contributed by atoms with Gasteiger partial charge >= 0.3 is 0 Å². The minimum absolute atomic E-state index is 0.185. The average molecular weight is 308 g/mol. The summed E-state index contributed by atoms with van der Waals surface area (Å²) in [6, 6.07) is 1.99. The van der Waals surface area contributed by atoms with E-state index in [2.05, 4.69) is 10.1 Å². The van der Waals surface area contributed by atoms with Gasteiger partial charge in [0.15, 0.2) is 5.75 Å². The second kappa shape index (κ2) is 6.72. The predicted octanol–water partition coefficient (Wildman–Crippen LogP) is 3.04. The maximum atomic E-state index is 13.3. The summed E-state index contributed by atoms with van der Waals surface area (Å²) in [6.07, 6.45) is 0.458. The first-order valence-corrected chi connectivity index (χ1v) is 6.01. The van der Waals surface area contributed by atoms with Gasteiger partial charge in [0.05, 0.1) is 12.7 Å². The molecular weight excluding hydrogens is 295 g/mol. The number of nitrogens with one attached hydrogen (secondary N) is 1. The fraction of sp³-hybridized carbons (Fsp3) is 0.462. The van der Waals surface area contributed by atoms with E-state index in [1.807, 2.05) is 6.07 Å². The fourth-order valence-corrected chi connectivity index (χ4v) is 1.55. The Hall–Kier alpha value is -1.88. The second-order valence-electron chi connectivity index (χ2n) is 4.54. The smallest absolute Gasteiger partial charge is 0.206 e. The van der Waals surface area contributed by atoms with Crippen LogP contribution in [0.2, 0.25) is 0 Å². The topological polar surface area (TPSA) is 45.0 Å². The van der Waals surface area contributed by atoms with Gasteiger partial charge in [0.2, 0.25) is 29.1 Å². The van der Waals surface area contributed by atoms with Gasteiger partial charge in [0.25, 0.3) is 0 Å². The summed E-state index contributed by atoms with van der Waals surface area (Å²) in [7, 11) is 1.56. The van der Waals surface area contributed by atoms with E-state index in [1.54, 1.807) is 14.0 Å². The van der Waals surface area contributed by atoms with Gasteiger partial charge in [-0.25, -0.2) is 13.2 Å². The van der Waals surface area contributed by atoms with Crippen molar-refractivity contribution in [3.8, 4) is 11.8 Å². The average Bonchev–Trinajstić information content (AvgIpc) is 2.50. The third-order valence-electron chi connectivity index (χ3n) is 3.04. The molecule has 116 valence electrons. The van der Waals surface area contributed by atoms with Crippen LogP contribution in [0.25, 0.3) is 0 Å². The number of halogens is 5. The van der Waals surface area contributed by atoms with Crippen molar-refractivity contribution in [2.24, 2.45) is 0 Å². The number of nitrogens with zero attached hydrogens (tertiary/aromatic N) is 1. The molecular formula is C13H13F5N2O. The zero-order valence-corrected chi connectivity index (χ0v) is 11.4. The molecule has 0 saturated heterocycles. The van der Waals surface area contributed by atoms with Crippen molar-refractivity contribution in [2.45, 2.75) is 25.3 Å². The predicted molar refractivity (Wildman–Crippen MR) is 64.0 cm³/mol. The lowest BCUT2D eigenvalue weighted by Gasteiger charge is -2.20. The Morgan fingerprint density at radius 2 is 1.52 bits per heavy atom. The highest BCUT2D eigenvalue weighted by molar-refractivity contribution is 5.29. The molecule has 1 aromatic carbocycles. The van der Waals surface area contributed by atoms with Crippen molar-refractivity contribution in [3.63, 3.8) is 0 Å². The lowest BCUT2D eigenvalue weighted by molar-refractivity contribution is 0.248. The third kappa shape index (κ3) is 3.61.